The molecule has 1 unspecified atom stereocenters. The van der Waals surface area contributed by atoms with Crippen LogP contribution in [0.4, 0.5) is 0 Å². The maximum absolute atomic E-state index is 11.8. The Labute approximate surface area is 121 Å². The fraction of sp³-hybridized carbons (Fsp3) is 0.562. The molecule has 2 N–H and O–H groups in total. The van der Waals surface area contributed by atoms with E-state index in [1.165, 1.54) is 0 Å². The van der Waals surface area contributed by atoms with Gasteiger partial charge < -0.3 is 15.2 Å². The lowest BCUT2D eigenvalue weighted by molar-refractivity contribution is -0.156. The number of hydrogen-bond donors (Lipinski definition) is 1. The van der Waals surface area contributed by atoms with E-state index in [0.717, 1.165) is 11.3 Å². The van der Waals surface area contributed by atoms with Gasteiger partial charge in [-0.15, -0.1) is 0 Å². The summed E-state index contributed by atoms with van der Waals surface area (Å²) < 4.78 is 10.8. The molecule has 0 bridgehead atoms. The predicted octanol–water partition coefficient (Wildman–Crippen LogP) is 2.69. The van der Waals surface area contributed by atoms with Crippen LogP contribution >= 0.6 is 0 Å². The molecule has 0 saturated heterocycles. The van der Waals surface area contributed by atoms with Crippen molar-refractivity contribution in [1.29, 1.82) is 0 Å². The van der Waals surface area contributed by atoms with Crippen molar-refractivity contribution >= 4 is 5.97 Å². The Morgan fingerprint density at radius 3 is 2.20 bits per heavy atom. The van der Waals surface area contributed by atoms with E-state index >= 15 is 0 Å². The third-order valence-electron chi connectivity index (χ3n) is 2.46. The Bertz CT molecular complexity index is 432. The average Bonchev–Trinajstić information content (AvgIpc) is 2.28. The molecule has 4 heteroatoms. The van der Waals surface area contributed by atoms with E-state index in [4.69, 9.17) is 15.2 Å². The van der Waals surface area contributed by atoms with Gasteiger partial charge in [-0.3, -0.25) is 4.79 Å². The highest BCUT2D eigenvalue weighted by Crippen LogP contribution is 2.15. The Morgan fingerprint density at radius 2 is 1.75 bits per heavy atom. The molecule has 0 heterocycles. The number of carbonyl (C=O) groups excluding carboxylic acids is 1. The van der Waals surface area contributed by atoms with Gasteiger partial charge in [0.1, 0.15) is 17.4 Å². The number of benzene rings is 1. The van der Waals surface area contributed by atoms with Gasteiger partial charge in [0.15, 0.2) is 0 Å². The predicted molar refractivity (Wildman–Crippen MR) is 79.7 cm³/mol. The molecule has 0 aliphatic carbocycles. The maximum Gasteiger partial charge on any atom is 0.323 e. The first kappa shape index (κ1) is 16.5. The number of hydrogen-bond acceptors (Lipinski definition) is 4. The third kappa shape index (κ3) is 6.06. The van der Waals surface area contributed by atoms with Crippen molar-refractivity contribution in [3.05, 3.63) is 29.8 Å². The third-order valence-corrected chi connectivity index (χ3v) is 2.46. The van der Waals surface area contributed by atoms with Crippen molar-refractivity contribution in [3.8, 4) is 5.75 Å². The molecule has 112 valence electrons. The number of ether oxygens (including phenoxy) is 2. The summed E-state index contributed by atoms with van der Waals surface area (Å²) in [5, 5.41) is 0. The Morgan fingerprint density at radius 1 is 1.20 bits per heavy atom. The topological polar surface area (TPSA) is 61.5 Å². The number of esters is 1. The molecule has 0 radical (unpaired) electrons. The fourth-order valence-electron chi connectivity index (χ4n) is 1.69. The molecule has 0 aliphatic heterocycles. The molecule has 20 heavy (non-hydrogen) atoms. The fourth-order valence-corrected chi connectivity index (χ4v) is 1.69. The summed E-state index contributed by atoms with van der Waals surface area (Å²) in [6, 6.07) is 6.96. The van der Waals surface area contributed by atoms with Gasteiger partial charge in [-0.05, 0) is 58.7 Å². The van der Waals surface area contributed by atoms with Crippen LogP contribution in [0.3, 0.4) is 0 Å². The minimum Gasteiger partial charge on any atom is -0.491 e. The van der Waals surface area contributed by atoms with Gasteiger partial charge in [-0.2, -0.15) is 0 Å². The lowest BCUT2D eigenvalue weighted by atomic mass is 10.1. The molecule has 0 spiro atoms. The summed E-state index contributed by atoms with van der Waals surface area (Å²) in [7, 11) is 0. The van der Waals surface area contributed by atoms with E-state index < -0.39 is 11.6 Å². The molecule has 4 nitrogen and oxygen atoms in total. The number of nitrogens with two attached hydrogens (primary N) is 1. The van der Waals surface area contributed by atoms with Crippen molar-refractivity contribution in [2.75, 3.05) is 0 Å². The van der Waals surface area contributed by atoms with Gasteiger partial charge in [-0.1, -0.05) is 12.1 Å². The van der Waals surface area contributed by atoms with E-state index in [2.05, 4.69) is 0 Å². The van der Waals surface area contributed by atoms with Crippen molar-refractivity contribution in [1.82, 2.24) is 0 Å². The van der Waals surface area contributed by atoms with Gasteiger partial charge in [0.05, 0.1) is 6.10 Å². The molecule has 1 atom stereocenters. The monoisotopic (exact) mass is 279 g/mol. The second kappa shape index (κ2) is 6.75. The van der Waals surface area contributed by atoms with E-state index in [9.17, 15) is 4.79 Å². The lowest BCUT2D eigenvalue weighted by Crippen LogP contribution is -2.38. The lowest BCUT2D eigenvalue weighted by Gasteiger charge is -2.22. The molecule has 0 fully saturated rings. The minimum absolute atomic E-state index is 0.143. The number of carbonyl (C=O) groups is 1. The van der Waals surface area contributed by atoms with E-state index in [1.807, 2.05) is 58.9 Å². The number of rotatable bonds is 5. The van der Waals surface area contributed by atoms with Crippen LogP contribution in [0.5, 0.6) is 5.75 Å². The van der Waals surface area contributed by atoms with Crippen molar-refractivity contribution < 1.29 is 14.3 Å². The minimum atomic E-state index is -0.647. The molecule has 1 rings (SSSR count). The molecule has 1 aromatic rings. The quantitative estimate of drug-likeness (QED) is 0.842. The van der Waals surface area contributed by atoms with Gasteiger partial charge >= 0.3 is 5.97 Å². The zero-order chi connectivity index (χ0) is 15.3. The van der Waals surface area contributed by atoms with Crippen molar-refractivity contribution in [3.63, 3.8) is 0 Å². The Balaban J connectivity index is 2.58. The Kier molecular flexibility index (Phi) is 5.57. The standard InChI is InChI=1S/C16H25NO3/c1-11(2)19-13-8-6-12(7-9-13)10-14(17)15(18)20-16(3,4)5/h6-9,11,14H,10,17H2,1-5H3. The highest BCUT2D eigenvalue weighted by atomic mass is 16.6. The molecule has 0 aliphatic rings. The summed E-state index contributed by atoms with van der Waals surface area (Å²) in [4.78, 5) is 11.8. The summed E-state index contributed by atoms with van der Waals surface area (Å²) >= 11 is 0. The van der Waals surface area contributed by atoms with Crippen LogP contribution in [0.15, 0.2) is 24.3 Å². The average molecular weight is 279 g/mol. The van der Waals surface area contributed by atoms with Crippen LogP contribution in [-0.2, 0) is 16.0 Å². The van der Waals surface area contributed by atoms with Crippen LogP contribution in [0, 0.1) is 0 Å². The van der Waals surface area contributed by atoms with E-state index in [-0.39, 0.29) is 12.1 Å². The van der Waals surface area contributed by atoms with Crippen LogP contribution in [-0.4, -0.2) is 23.7 Å². The van der Waals surface area contributed by atoms with Crippen LogP contribution < -0.4 is 10.5 Å². The van der Waals surface area contributed by atoms with Crippen LogP contribution in [0.1, 0.15) is 40.2 Å². The van der Waals surface area contributed by atoms with Crippen molar-refractivity contribution in [2.24, 2.45) is 5.73 Å². The van der Waals surface area contributed by atoms with E-state index in [1.54, 1.807) is 0 Å². The smallest absolute Gasteiger partial charge is 0.323 e. The highest BCUT2D eigenvalue weighted by molar-refractivity contribution is 5.76. The first-order valence-electron chi connectivity index (χ1n) is 6.91. The molecular weight excluding hydrogens is 254 g/mol. The second-order valence-corrected chi connectivity index (χ2v) is 6.15. The largest absolute Gasteiger partial charge is 0.491 e. The van der Waals surface area contributed by atoms with Gasteiger partial charge in [0, 0.05) is 0 Å². The zero-order valence-corrected chi connectivity index (χ0v) is 13.0. The highest BCUT2D eigenvalue weighted by Gasteiger charge is 2.22. The van der Waals surface area contributed by atoms with Crippen LogP contribution in [0.25, 0.3) is 0 Å². The maximum atomic E-state index is 11.8. The van der Waals surface area contributed by atoms with Gasteiger partial charge in [-0.25, -0.2) is 0 Å². The first-order chi connectivity index (χ1) is 9.17. The molecular formula is C16H25NO3. The van der Waals surface area contributed by atoms with Crippen LogP contribution in [0.2, 0.25) is 0 Å². The Hall–Kier alpha value is -1.55. The molecule has 0 saturated carbocycles. The van der Waals surface area contributed by atoms with Crippen molar-refractivity contribution in [2.45, 2.75) is 58.8 Å². The second-order valence-electron chi connectivity index (χ2n) is 6.15. The van der Waals surface area contributed by atoms with E-state index in [0.29, 0.717) is 6.42 Å². The first-order valence-corrected chi connectivity index (χ1v) is 6.91. The normalized spacial score (nSPS) is 13.2. The summed E-state index contributed by atoms with van der Waals surface area (Å²) in [5.74, 6) is 0.439. The SMILES string of the molecule is CC(C)Oc1ccc(CC(N)C(=O)OC(C)(C)C)cc1. The summed E-state index contributed by atoms with van der Waals surface area (Å²) in [6.45, 7) is 9.44. The van der Waals surface area contributed by atoms with Gasteiger partial charge in [0.2, 0.25) is 0 Å². The summed E-state index contributed by atoms with van der Waals surface area (Å²) in [6.07, 6.45) is 0.599. The molecule has 0 amide bonds. The molecule has 0 aromatic heterocycles. The van der Waals surface area contributed by atoms with Gasteiger partial charge in [0.25, 0.3) is 0 Å². The summed E-state index contributed by atoms with van der Waals surface area (Å²) in [5.41, 5.74) is 6.34. The zero-order valence-electron chi connectivity index (χ0n) is 13.0. The molecule has 1 aromatic carbocycles.